The monoisotopic (exact) mass is 511 g/mol. The summed E-state index contributed by atoms with van der Waals surface area (Å²) in [5.74, 6) is -1.37. The van der Waals surface area contributed by atoms with Crippen LogP contribution in [0.4, 0.5) is 4.39 Å². The van der Waals surface area contributed by atoms with Gasteiger partial charge >= 0.3 is 0 Å². The first kappa shape index (κ1) is 27.0. The number of nitrogens with one attached hydrogen (secondary N) is 1. The third-order valence-electron chi connectivity index (χ3n) is 5.87. The third kappa shape index (κ3) is 6.77. The SMILES string of the molecule is CNC(=O)[C@@H](Cc1ccccc1)N(Cc1ccc(F)cc1)C(=O)CN(C)S(=O)(=O)c1ccc(C)cc1. The number of aryl methyl sites for hydroxylation is 1. The van der Waals surface area contributed by atoms with Gasteiger partial charge in [0, 0.05) is 27.1 Å². The van der Waals surface area contributed by atoms with Gasteiger partial charge in [0.1, 0.15) is 11.9 Å². The van der Waals surface area contributed by atoms with Crippen LogP contribution < -0.4 is 5.32 Å². The lowest BCUT2D eigenvalue weighted by Gasteiger charge is -2.32. The van der Waals surface area contributed by atoms with Crippen LogP contribution in [0.1, 0.15) is 16.7 Å². The summed E-state index contributed by atoms with van der Waals surface area (Å²) in [5, 5.41) is 2.61. The molecule has 0 spiro atoms. The second kappa shape index (κ2) is 11.9. The summed E-state index contributed by atoms with van der Waals surface area (Å²) < 4.78 is 40.6. The zero-order valence-corrected chi connectivity index (χ0v) is 21.3. The van der Waals surface area contributed by atoms with E-state index in [9.17, 15) is 22.4 Å². The van der Waals surface area contributed by atoms with Crippen molar-refractivity contribution in [2.75, 3.05) is 20.6 Å². The first-order chi connectivity index (χ1) is 17.1. The van der Waals surface area contributed by atoms with Gasteiger partial charge in [0.15, 0.2) is 0 Å². The summed E-state index contributed by atoms with van der Waals surface area (Å²) in [5.41, 5.74) is 2.35. The topological polar surface area (TPSA) is 86.8 Å². The molecular formula is C27H30FN3O4S. The van der Waals surface area contributed by atoms with Crippen molar-refractivity contribution >= 4 is 21.8 Å². The van der Waals surface area contributed by atoms with Crippen molar-refractivity contribution in [3.63, 3.8) is 0 Å². The largest absolute Gasteiger partial charge is 0.357 e. The summed E-state index contributed by atoms with van der Waals surface area (Å²) >= 11 is 0. The Kier molecular flexibility index (Phi) is 8.95. The minimum Gasteiger partial charge on any atom is -0.357 e. The molecule has 3 rings (SSSR count). The molecule has 190 valence electrons. The van der Waals surface area contributed by atoms with Crippen LogP contribution in [-0.4, -0.2) is 56.1 Å². The highest BCUT2D eigenvalue weighted by Crippen LogP contribution is 2.18. The summed E-state index contributed by atoms with van der Waals surface area (Å²) in [4.78, 5) is 27.9. The van der Waals surface area contributed by atoms with Crippen LogP contribution in [0.25, 0.3) is 0 Å². The number of hydrogen-bond donors (Lipinski definition) is 1. The molecule has 0 aliphatic carbocycles. The molecule has 0 heterocycles. The molecule has 7 nitrogen and oxygen atoms in total. The molecule has 0 aliphatic heterocycles. The van der Waals surface area contributed by atoms with Gasteiger partial charge in [-0.25, -0.2) is 12.8 Å². The number of amides is 2. The van der Waals surface area contributed by atoms with E-state index in [0.29, 0.717) is 5.56 Å². The van der Waals surface area contributed by atoms with Crippen LogP contribution >= 0.6 is 0 Å². The van der Waals surface area contributed by atoms with E-state index >= 15 is 0 Å². The highest BCUT2D eigenvalue weighted by atomic mass is 32.2. The molecule has 3 aromatic carbocycles. The Bertz CT molecular complexity index is 1280. The number of sulfonamides is 1. The van der Waals surface area contributed by atoms with Gasteiger partial charge in [-0.05, 0) is 42.3 Å². The number of carbonyl (C=O) groups is 2. The number of likely N-dealkylation sites (N-methyl/N-ethyl adjacent to an activating group) is 2. The van der Waals surface area contributed by atoms with Crippen LogP contribution in [0.3, 0.4) is 0 Å². The minimum absolute atomic E-state index is 0.00243. The molecule has 0 fully saturated rings. The van der Waals surface area contributed by atoms with Gasteiger partial charge in [0.05, 0.1) is 11.4 Å². The van der Waals surface area contributed by atoms with E-state index in [2.05, 4.69) is 5.32 Å². The Labute approximate surface area is 211 Å². The second-order valence-electron chi connectivity index (χ2n) is 8.54. The summed E-state index contributed by atoms with van der Waals surface area (Å²) in [6, 6.07) is 20.3. The van der Waals surface area contributed by atoms with Crippen molar-refractivity contribution in [2.45, 2.75) is 30.8 Å². The maximum Gasteiger partial charge on any atom is 0.243 e. The quantitative estimate of drug-likeness (QED) is 0.453. The van der Waals surface area contributed by atoms with Gasteiger partial charge in [-0.2, -0.15) is 4.31 Å². The van der Waals surface area contributed by atoms with E-state index < -0.39 is 40.2 Å². The molecule has 1 N–H and O–H groups in total. The molecule has 3 aromatic rings. The Hall–Kier alpha value is -3.56. The third-order valence-corrected chi connectivity index (χ3v) is 7.69. The maximum absolute atomic E-state index is 13.6. The van der Waals surface area contributed by atoms with E-state index in [0.717, 1.165) is 15.4 Å². The fourth-order valence-corrected chi connectivity index (χ4v) is 4.88. The molecule has 0 radical (unpaired) electrons. The van der Waals surface area contributed by atoms with Gasteiger partial charge in [-0.15, -0.1) is 0 Å². The summed E-state index contributed by atoms with van der Waals surface area (Å²) in [6.07, 6.45) is 0.224. The molecule has 1 atom stereocenters. The molecule has 36 heavy (non-hydrogen) atoms. The van der Waals surface area contributed by atoms with Crippen LogP contribution in [0.5, 0.6) is 0 Å². The van der Waals surface area contributed by atoms with Gasteiger partial charge in [0.25, 0.3) is 0 Å². The Balaban J connectivity index is 1.93. The van der Waals surface area contributed by atoms with E-state index in [1.54, 1.807) is 12.1 Å². The normalized spacial score (nSPS) is 12.2. The number of rotatable bonds is 10. The predicted molar refractivity (Wildman–Crippen MR) is 136 cm³/mol. The summed E-state index contributed by atoms with van der Waals surface area (Å²) in [7, 11) is -1.13. The van der Waals surface area contributed by atoms with Crippen molar-refractivity contribution in [3.8, 4) is 0 Å². The molecule has 0 saturated carbocycles. The second-order valence-corrected chi connectivity index (χ2v) is 10.6. The predicted octanol–water partition coefficient (Wildman–Crippen LogP) is 3.14. The highest BCUT2D eigenvalue weighted by molar-refractivity contribution is 7.89. The standard InChI is InChI=1S/C27H30FN3O4S/c1-20-9-15-24(16-10-20)36(34,35)30(3)19-26(32)31(18-22-11-13-23(28)14-12-22)25(27(33)29-2)17-21-7-5-4-6-8-21/h4-16,25H,17-19H2,1-3H3,(H,29,33)/t25-/m1/s1. The Morgan fingerprint density at radius 2 is 1.53 bits per heavy atom. The van der Waals surface area contributed by atoms with Crippen molar-refractivity contribution in [2.24, 2.45) is 0 Å². The number of hydrogen-bond acceptors (Lipinski definition) is 4. The van der Waals surface area contributed by atoms with Crippen LogP contribution in [-0.2, 0) is 32.6 Å². The molecule has 9 heteroatoms. The van der Waals surface area contributed by atoms with Crippen molar-refractivity contribution in [3.05, 3.63) is 101 Å². The zero-order valence-electron chi connectivity index (χ0n) is 20.5. The van der Waals surface area contributed by atoms with Gasteiger partial charge in [0.2, 0.25) is 21.8 Å². The number of carbonyl (C=O) groups excluding carboxylic acids is 2. The maximum atomic E-state index is 13.6. The van der Waals surface area contributed by atoms with Gasteiger partial charge < -0.3 is 10.2 Å². The van der Waals surface area contributed by atoms with Crippen molar-refractivity contribution < 1.29 is 22.4 Å². The first-order valence-corrected chi connectivity index (χ1v) is 12.9. The zero-order chi connectivity index (χ0) is 26.3. The van der Waals surface area contributed by atoms with E-state index in [4.69, 9.17) is 0 Å². The van der Waals surface area contributed by atoms with E-state index in [1.165, 1.54) is 55.4 Å². The van der Waals surface area contributed by atoms with Crippen molar-refractivity contribution in [1.29, 1.82) is 0 Å². The molecule has 0 aliphatic rings. The van der Waals surface area contributed by atoms with Crippen molar-refractivity contribution in [1.82, 2.24) is 14.5 Å². The van der Waals surface area contributed by atoms with E-state index in [-0.39, 0.29) is 17.9 Å². The van der Waals surface area contributed by atoms with Crippen LogP contribution in [0.15, 0.2) is 83.8 Å². The summed E-state index contributed by atoms with van der Waals surface area (Å²) in [6.45, 7) is 1.38. The highest BCUT2D eigenvalue weighted by Gasteiger charge is 2.32. The molecular weight excluding hydrogens is 481 g/mol. The van der Waals surface area contributed by atoms with Gasteiger partial charge in [-0.3, -0.25) is 9.59 Å². The average molecular weight is 512 g/mol. The molecule has 0 unspecified atom stereocenters. The van der Waals surface area contributed by atoms with Crippen LogP contribution in [0.2, 0.25) is 0 Å². The number of nitrogens with zero attached hydrogens (tertiary/aromatic N) is 2. The Morgan fingerprint density at radius 3 is 2.11 bits per heavy atom. The van der Waals surface area contributed by atoms with Crippen LogP contribution in [0, 0.1) is 12.7 Å². The number of halogens is 1. The molecule has 2 amide bonds. The fourth-order valence-electron chi connectivity index (χ4n) is 3.76. The molecule has 0 bridgehead atoms. The molecule has 0 saturated heterocycles. The Morgan fingerprint density at radius 1 is 0.917 bits per heavy atom. The fraction of sp³-hybridized carbons (Fsp3) is 0.259. The first-order valence-electron chi connectivity index (χ1n) is 11.4. The average Bonchev–Trinajstić information content (AvgIpc) is 2.87. The molecule has 0 aromatic heterocycles. The minimum atomic E-state index is -3.94. The smallest absolute Gasteiger partial charge is 0.243 e. The lowest BCUT2D eigenvalue weighted by molar-refractivity contribution is -0.141. The van der Waals surface area contributed by atoms with E-state index in [1.807, 2.05) is 37.3 Å². The van der Waals surface area contributed by atoms with Gasteiger partial charge in [-0.1, -0.05) is 60.2 Å². The lowest BCUT2D eigenvalue weighted by Crippen LogP contribution is -2.52. The number of benzene rings is 3. The lowest BCUT2D eigenvalue weighted by atomic mass is 10.0.